The maximum Gasteiger partial charge on any atom is 0.573 e. The first-order valence-corrected chi connectivity index (χ1v) is 8.18. The number of hydrogen-bond donors (Lipinski definition) is 2. The monoisotopic (exact) mass is 353 g/mol. The second kappa shape index (κ2) is 8.87. The summed E-state index contributed by atoms with van der Waals surface area (Å²) in [6.45, 7) is 2.99. The van der Waals surface area contributed by atoms with Crippen molar-refractivity contribution in [1.82, 2.24) is 5.32 Å². The second-order valence-corrected chi connectivity index (χ2v) is 5.75. The number of likely N-dealkylation sites (N-methyl/N-ethyl adjacent to an activating group) is 1. The first-order chi connectivity index (χ1) is 11.9. The summed E-state index contributed by atoms with van der Waals surface area (Å²) in [7, 11) is 0. The van der Waals surface area contributed by atoms with Crippen molar-refractivity contribution in [3.05, 3.63) is 65.7 Å². The lowest BCUT2D eigenvalue weighted by atomic mass is 9.87. The number of benzene rings is 2. The van der Waals surface area contributed by atoms with Gasteiger partial charge in [-0.15, -0.1) is 13.2 Å². The number of nitrogens with one attached hydrogen (secondary N) is 1. The average Bonchev–Trinajstić information content (AvgIpc) is 2.58. The predicted molar refractivity (Wildman–Crippen MR) is 90.6 cm³/mol. The number of aliphatic hydroxyl groups is 1. The van der Waals surface area contributed by atoms with Gasteiger partial charge in [0.25, 0.3) is 0 Å². The van der Waals surface area contributed by atoms with Crippen molar-refractivity contribution < 1.29 is 23.0 Å². The van der Waals surface area contributed by atoms with Crippen LogP contribution in [0.3, 0.4) is 0 Å². The second-order valence-electron chi connectivity index (χ2n) is 5.75. The standard InChI is InChI=1S/C19H22F3NO2/c1-2-23-13-17(24)16(14-8-4-3-5-9-14)12-15-10-6-7-11-18(15)25-19(20,21)22/h3-11,16-17,23-24H,2,12-13H2,1H3/t16?,17-/m0/s1. The number of alkyl halides is 3. The normalized spacial score (nSPS) is 14.1. The first-order valence-electron chi connectivity index (χ1n) is 8.18. The quantitative estimate of drug-likeness (QED) is 0.757. The van der Waals surface area contributed by atoms with Crippen molar-refractivity contribution in [2.45, 2.75) is 31.7 Å². The van der Waals surface area contributed by atoms with Gasteiger partial charge >= 0.3 is 6.36 Å². The summed E-state index contributed by atoms with van der Waals surface area (Å²) in [5.41, 5.74) is 1.28. The molecule has 2 rings (SSSR count). The van der Waals surface area contributed by atoms with Crippen LogP contribution < -0.4 is 10.1 Å². The minimum absolute atomic E-state index is 0.230. The van der Waals surface area contributed by atoms with Gasteiger partial charge in [0, 0.05) is 12.5 Å². The van der Waals surface area contributed by atoms with Gasteiger partial charge in [-0.3, -0.25) is 0 Å². The van der Waals surface area contributed by atoms with Crippen molar-refractivity contribution in [3.8, 4) is 5.75 Å². The molecule has 2 atom stereocenters. The zero-order valence-corrected chi connectivity index (χ0v) is 14.0. The third-order valence-electron chi connectivity index (χ3n) is 3.93. The molecule has 0 aromatic heterocycles. The Morgan fingerprint density at radius 3 is 2.32 bits per heavy atom. The molecular weight excluding hydrogens is 331 g/mol. The lowest BCUT2D eigenvalue weighted by Gasteiger charge is -2.25. The average molecular weight is 353 g/mol. The lowest BCUT2D eigenvalue weighted by molar-refractivity contribution is -0.274. The van der Waals surface area contributed by atoms with E-state index in [9.17, 15) is 18.3 Å². The van der Waals surface area contributed by atoms with Crippen LogP contribution in [0.5, 0.6) is 5.75 Å². The van der Waals surface area contributed by atoms with Crippen LogP contribution in [-0.2, 0) is 6.42 Å². The molecule has 0 spiro atoms. The van der Waals surface area contributed by atoms with Gasteiger partial charge in [-0.1, -0.05) is 55.5 Å². The Morgan fingerprint density at radius 2 is 1.68 bits per heavy atom. The van der Waals surface area contributed by atoms with Crippen molar-refractivity contribution in [2.75, 3.05) is 13.1 Å². The van der Waals surface area contributed by atoms with E-state index in [4.69, 9.17) is 0 Å². The largest absolute Gasteiger partial charge is 0.573 e. The molecule has 2 N–H and O–H groups in total. The molecule has 2 aromatic carbocycles. The SMILES string of the molecule is CCNC[C@H](O)C(Cc1ccccc1OC(F)(F)F)c1ccccc1. The Kier molecular flexibility index (Phi) is 6.84. The van der Waals surface area contributed by atoms with E-state index in [0.29, 0.717) is 18.7 Å². The van der Waals surface area contributed by atoms with Crippen molar-refractivity contribution >= 4 is 0 Å². The molecule has 0 aliphatic carbocycles. The topological polar surface area (TPSA) is 41.5 Å². The third-order valence-corrected chi connectivity index (χ3v) is 3.93. The van der Waals surface area contributed by atoms with E-state index < -0.39 is 12.5 Å². The van der Waals surface area contributed by atoms with Crippen LogP contribution >= 0.6 is 0 Å². The summed E-state index contributed by atoms with van der Waals surface area (Å²) in [6, 6.07) is 15.3. The molecule has 0 fully saturated rings. The zero-order chi connectivity index (χ0) is 18.3. The molecule has 0 aliphatic heterocycles. The predicted octanol–water partition coefficient (Wildman–Crippen LogP) is 3.88. The Bertz CT molecular complexity index is 647. The van der Waals surface area contributed by atoms with Gasteiger partial charge in [0.05, 0.1) is 6.10 Å². The highest BCUT2D eigenvalue weighted by atomic mass is 19.4. The molecule has 0 saturated heterocycles. The highest BCUT2D eigenvalue weighted by Crippen LogP contribution is 2.32. The Balaban J connectivity index is 2.28. The fourth-order valence-corrected chi connectivity index (χ4v) is 2.74. The molecule has 0 amide bonds. The number of aliphatic hydroxyl groups excluding tert-OH is 1. The number of para-hydroxylation sites is 1. The van der Waals surface area contributed by atoms with Crippen LogP contribution in [0.4, 0.5) is 13.2 Å². The maximum atomic E-state index is 12.6. The van der Waals surface area contributed by atoms with Crippen LogP contribution in [-0.4, -0.2) is 30.7 Å². The first kappa shape index (κ1) is 19.3. The molecule has 0 aliphatic rings. The Labute approximate surface area is 145 Å². The summed E-state index contributed by atoms with van der Waals surface area (Å²) in [4.78, 5) is 0. The smallest absolute Gasteiger partial charge is 0.406 e. The zero-order valence-electron chi connectivity index (χ0n) is 14.0. The molecule has 0 bridgehead atoms. The van der Waals surface area contributed by atoms with E-state index >= 15 is 0 Å². The van der Waals surface area contributed by atoms with E-state index in [1.807, 2.05) is 37.3 Å². The fourth-order valence-electron chi connectivity index (χ4n) is 2.74. The van der Waals surface area contributed by atoms with E-state index in [2.05, 4.69) is 10.1 Å². The van der Waals surface area contributed by atoms with Crippen LogP contribution in [0.2, 0.25) is 0 Å². The third kappa shape index (κ3) is 6.07. The van der Waals surface area contributed by atoms with Gasteiger partial charge in [0.1, 0.15) is 5.75 Å². The number of halogens is 3. The molecular formula is C19H22F3NO2. The van der Waals surface area contributed by atoms with Crippen molar-refractivity contribution in [1.29, 1.82) is 0 Å². The molecule has 0 saturated carbocycles. The minimum Gasteiger partial charge on any atom is -0.406 e. The molecule has 1 unspecified atom stereocenters. The molecule has 136 valence electrons. The molecule has 3 nitrogen and oxygen atoms in total. The minimum atomic E-state index is -4.75. The van der Waals surface area contributed by atoms with Gasteiger partial charge in [-0.05, 0) is 30.2 Å². The van der Waals surface area contributed by atoms with E-state index in [1.54, 1.807) is 12.1 Å². The van der Waals surface area contributed by atoms with Crippen molar-refractivity contribution in [2.24, 2.45) is 0 Å². The van der Waals surface area contributed by atoms with Crippen LogP contribution in [0, 0.1) is 0 Å². The van der Waals surface area contributed by atoms with Crippen molar-refractivity contribution in [3.63, 3.8) is 0 Å². The molecule has 2 aromatic rings. The van der Waals surface area contributed by atoms with Crippen LogP contribution in [0.1, 0.15) is 24.0 Å². The van der Waals surface area contributed by atoms with E-state index in [0.717, 1.165) is 5.56 Å². The Hall–Kier alpha value is -2.05. The van der Waals surface area contributed by atoms with E-state index in [-0.39, 0.29) is 18.1 Å². The molecule has 25 heavy (non-hydrogen) atoms. The number of hydrogen-bond acceptors (Lipinski definition) is 3. The van der Waals surface area contributed by atoms with Crippen LogP contribution in [0.25, 0.3) is 0 Å². The molecule has 6 heteroatoms. The van der Waals surface area contributed by atoms with Gasteiger partial charge < -0.3 is 15.2 Å². The summed E-state index contributed by atoms with van der Waals surface area (Å²) in [5.74, 6) is -0.579. The summed E-state index contributed by atoms with van der Waals surface area (Å²) in [5, 5.41) is 13.6. The Morgan fingerprint density at radius 1 is 1.04 bits per heavy atom. The van der Waals surface area contributed by atoms with Crippen LogP contribution in [0.15, 0.2) is 54.6 Å². The lowest BCUT2D eigenvalue weighted by Crippen LogP contribution is -2.32. The molecule has 0 heterocycles. The highest BCUT2D eigenvalue weighted by Gasteiger charge is 2.32. The number of ether oxygens (including phenoxy) is 1. The summed E-state index contributed by atoms with van der Waals surface area (Å²) in [6.07, 6.45) is -5.25. The summed E-state index contributed by atoms with van der Waals surface area (Å²) >= 11 is 0. The maximum absolute atomic E-state index is 12.6. The van der Waals surface area contributed by atoms with Gasteiger partial charge in [0.15, 0.2) is 0 Å². The fraction of sp³-hybridized carbons (Fsp3) is 0.368. The van der Waals surface area contributed by atoms with E-state index in [1.165, 1.54) is 12.1 Å². The summed E-state index contributed by atoms with van der Waals surface area (Å²) < 4.78 is 42.0. The number of rotatable bonds is 8. The van der Waals surface area contributed by atoms with Gasteiger partial charge in [0.2, 0.25) is 0 Å². The van der Waals surface area contributed by atoms with Gasteiger partial charge in [-0.2, -0.15) is 0 Å². The van der Waals surface area contributed by atoms with Gasteiger partial charge in [-0.25, -0.2) is 0 Å². The molecule has 0 radical (unpaired) electrons. The highest BCUT2D eigenvalue weighted by molar-refractivity contribution is 5.36.